The van der Waals surface area contributed by atoms with Gasteiger partial charge < -0.3 is 19.7 Å². The number of hydrogen-bond acceptors (Lipinski definition) is 4. The third kappa shape index (κ3) is 6.08. The van der Waals surface area contributed by atoms with Crippen LogP contribution in [0.3, 0.4) is 0 Å². The zero-order chi connectivity index (χ0) is 22.8. The number of aryl methyl sites for hydroxylation is 1. The molecule has 0 unspecified atom stereocenters. The average molecular weight is 442 g/mol. The Kier molecular flexibility index (Phi) is 6.76. The molecule has 1 atom stereocenters. The predicted molar refractivity (Wildman–Crippen MR) is 122 cm³/mol. The first kappa shape index (κ1) is 23.3. The number of methoxy groups -OCH3 is 1. The van der Waals surface area contributed by atoms with Crippen LogP contribution in [0.25, 0.3) is 0 Å². The molecular weight excluding hydrogens is 411 g/mol. The molecule has 1 N–H and O–H groups in total. The van der Waals surface area contributed by atoms with E-state index in [2.05, 4.69) is 20.5 Å². The molecule has 0 saturated carbocycles. The van der Waals surface area contributed by atoms with Crippen molar-refractivity contribution >= 4 is 27.5 Å². The minimum Gasteiger partial charge on any atom is -0.489 e. The molecule has 31 heavy (non-hydrogen) atoms. The number of amides is 1. The summed E-state index contributed by atoms with van der Waals surface area (Å²) in [6.45, 7) is 9.45. The number of nitrogens with zero attached hydrogens (tertiary/aromatic N) is 1. The molecule has 0 fully saturated rings. The summed E-state index contributed by atoms with van der Waals surface area (Å²) < 4.78 is 25.1. The van der Waals surface area contributed by atoms with Crippen molar-refractivity contribution in [2.75, 3.05) is 30.5 Å². The second-order valence-electron chi connectivity index (χ2n) is 9.39. The lowest BCUT2D eigenvalue weighted by atomic mass is 9.92. The van der Waals surface area contributed by atoms with Gasteiger partial charge in [0, 0.05) is 38.4 Å². The van der Waals surface area contributed by atoms with E-state index in [1.807, 2.05) is 39.8 Å². The number of fused-ring (bicyclic) bond motifs is 1. The molecule has 1 heterocycles. The van der Waals surface area contributed by atoms with Crippen molar-refractivity contribution in [1.29, 1.82) is 0 Å². The topological polar surface area (TPSA) is 50.8 Å². The minimum atomic E-state index is -0.706. The molecule has 2 aromatic carbocycles. The lowest BCUT2D eigenvalue weighted by molar-refractivity contribution is -0.117. The van der Waals surface area contributed by atoms with Gasteiger partial charge in [0.05, 0.1) is 15.9 Å². The van der Waals surface area contributed by atoms with Gasteiger partial charge in [0.15, 0.2) is 0 Å². The van der Waals surface area contributed by atoms with E-state index >= 15 is 0 Å². The van der Waals surface area contributed by atoms with Crippen LogP contribution in [0.1, 0.15) is 38.3 Å². The lowest BCUT2D eigenvalue weighted by Gasteiger charge is -2.32. The first-order valence-electron chi connectivity index (χ1n) is 10.3. The van der Waals surface area contributed by atoms with E-state index < -0.39 is 5.22 Å². The quantitative estimate of drug-likeness (QED) is 0.698. The highest BCUT2D eigenvalue weighted by Gasteiger charge is 2.33. The summed E-state index contributed by atoms with van der Waals surface area (Å²) in [6.07, 6.45) is 0.426. The fourth-order valence-corrected chi connectivity index (χ4v) is 3.82. The lowest BCUT2D eigenvalue weighted by Crippen LogP contribution is -2.47. The van der Waals surface area contributed by atoms with E-state index in [9.17, 15) is 9.18 Å². The molecule has 1 aliphatic rings. The Bertz CT molecular complexity index is 943. The first-order chi connectivity index (χ1) is 14.5. The zero-order valence-electron chi connectivity index (χ0n) is 18.8. The van der Waals surface area contributed by atoms with Crippen LogP contribution in [0.5, 0.6) is 5.75 Å². The van der Waals surface area contributed by atoms with Gasteiger partial charge in [0.2, 0.25) is 5.91 Å². The van der Waals surface area contributed by atoms with Crippen LogP contribution < -0.4 is 15.0 Å². The number of rotatable bonds is 5. The highest BCUT2D eigenvalue weighted by molar-refractivity contribution is 6.15. The smallest absolute Gasteiger partial charge is 0.224 e. The van der Waals surface area contributed by atoms with E-state index in [0.29, 0.717) is 31.9 Å². The van der Waals surface area contributed by atoms with E-state index in [4.69, 9.17) is 9.47 Å². The highest BCUT2D eigenvalue weighted by Crippen LogP contribution is 2.38. The molecule has 5 nitrogen and oxygen atoms in total. The monoisotopic (exact) mass is 441 g/mol. The van der Waals surface area contributed by atoms with Gasteiger partial charge in [-0.3, -0.25) is 4.79 Å². The van der Waals surface area contributed by atoms with Gasteiger partial charge >= 0.3 is 0 Å². The van der Waals surface area contributed by atoms with Crippen LogP contribution in [-0.4, -0.2) is 41.6 Å². The van der Waals surface area contributed by atoms with Crippen molar-refractivity contribution in [1.82, 2.24) is 0 Å². The van der Waals surface area contributed by atoms with Crippen molar-refractivity contribution in [3.63, 3.8) is 0 Å². The molecule has 0 spiro atoms. The molecule has 0 saturated heterocycles. The van der Waals surface area contributed by atoms with Gasteiger partial charge in [-0.25, -0.2) is 4.39 Å². The third-order valence-corrected chi connectivity index (χ3v) is 5.70. The Labute approximate surface area is 187 Å². The zero-order valence-corrected chi connectivity index (χ0v) is 19.8. The Morgan fingerprint density at radius 1 is 1.29 bits per heavy atom. The van der Waals surface area contributed by atoms with Crippen molar-refractivity contribution in [2.24, 2.45) is 5.41 Å². The second-order valence-corrected chi connectivity index (χ2v) is 10.3. The summed E-state index contributed by atoms with van der Waals surface area (Å²) in [5.41, 5.74) is 3.44. The van der Waals surface area contributed by atoms with Crippen molar-refractivity contribution in [3.05, 3.63) is 53.3 Å². The van der Waals surface area contributed by atoms with Crippen LogP contribution in [0.15, 0.2) is 36.4 Å². The van der Waals surface area contributed by atoms with Gasteiger partial charge in [-0.1, -0.05) is 32.9 Å². The molecule has 1 amide bonds. The van der Waals surface area contributed by atoms with Crippen LogP contribution in [0, 0.1) is 18.2 Å². The number of halogens is 1. The summed E-state index contributed by atoms with van der Waals surface area (Å²) in [7, 11) is 5.35. The molecule has 2 aromatic rings. The van der Waals surface area contributed by atoms with E-state index in [1.165, 1.54) is 12.1 Å². The summed E-state index contributed by atoms with van der Waals surface area (Å²) in [4.78, 5) is 14.6. The van der Waals surface area contributed by atoms with Crippen LogP contribution in [-0.2, 0) is 16.1 Å². The average Bonchev–Trinajstić information content (AvgIpc) is 2.80. The standard InChI is InChI=1S/C24H30FN2O3Si/c1-16-10-20-21(11-19(16)26-22(28)12-23(2,3)4)30-15-24(31,29-5)14-27(20)13-17-6-8-18(25)9-7-17/h6-11H,12-15H2,1-5H3,(H,26,28)/t24-/m0/s1. The van der Waals surface area contributed by atoms with Crippen molar-refractivity contribution < 1.29 is 18.7 Å². The molecule has 3 radical (unpaired) electrons. The number of carbonyl (C=O) groups is 1. The van der Waals surface area contributed by atoms with Gasteiger partial charge in [-0.2, -0.15) is 0 Å². The Morgan fingerprint density at radius 3 is 2.58 bits per heavy atom. The maximum atomic E-state index is 13.4. The number of benzene rings is 2. The van der Waals surface area contributed by atoms with Gasteiger partial charge in [-0.15, -0.1) is 0 Å². The molecule has 0 bridgehead atoms. The molecule has 1 aliphatic heterocycles. The fraction of sp³-hybridized carbons (Fsp3) is 0.458. The fourth-order valence-electron chi connectivity index (χ4n) is 3.55. The van der Waals surface area contributed by atoms with E-state index in [0.717, 1.165) is 22.5 Å². The second kappa shape index (κ2) is 9.00. The number of ether oxygens (including phenoxy) is 2. The van der Waals surface area contributed by atoms with Crippen LogP contribution in [0.4, 0.5) is 15.8 Å². The summed E-state index contributed by atoms with van der Waals surface area (Å²) in [6, 6.07) is 10.4. The highest BCUT2D eigenvalue weighted by atomic mass is 28.1. The minimum absolute atomic E-state index is 0.0290. The number of anilines is 2. The summed E-state index contributed by atoms with van der Waals surface area (Å²) in [5, 5.41) is 2.31. The maximum absolute atomic E-state index is 13.4. The maximum Gasteiger partial charge on any atom is 0.224 e. The molecular formula is C24H30FN2O3Si. The third-order valence-electron chi connectivity index (χ3n) is 5.20. The van der Waals surface area contributed by atoms with Crippen LogP contribution >= 0.6 is 0 Å². The van der Waals surface area contributed by atoms with Gasteiger partial charge in [0.25, 0.3) is 0 Å². The number of nitrogens with one attached hydrogen (secondary N) is 1. The molecule has 3 rings (SSSR count). The Hall–Kier alpha value is -2.38. The summed E-state index contributed by atoms with van der Waals surface area (Å²) >= 11 is 0. The van der Waals surface area contributed by atoms with Crippen molar-refractivity contribution in [2.45, 2.75) is 45.9 Å². The SMILES string of the molecule is CO[C@@]1([Si])COc2cc(NC(=O)CC(C)(C)C)c(C)cc2N(Cc2ccc(F)cc2)C1. The van der Waals surface area contributed by atoms with Gasteiger partial charge in [-0.05, 0) is 41.7 Å². The Morgan fingerprint density at radius 2 is 1.97 bits per heavy atom. The molecule has 165 valence electrons. The number of hydrogen-bond donors (Lipinski definition) is 1. The molecule has 7 heteroatoms. The van der Waals surface area contributed by atoms with E-state index in [-0.39, 0.29) is 17.1 Å². The number of carbonyl (C=O) groups excluding carboxylic acids is 1. The summed E-state index contributed by atoms with van der Waals surface area (Å²) in [5.74, 6) is 0.371. The van der Waals surface area contributed by atoms with Gasteiger partial charge in [0.1, 0.15) is 23.4 Å². The van der Waals surface area contributed by atoms with Crippen molar-refractivity contribution in [3.8, 4) is 5.75 Å². The largest absolute Gasteiger partial charge is 0.489 e. The Balaban J connectivity index is 1.93. The first-order valence-corrected chi connectivity index (χ1v) is 10.8. The predicted octanol–water partition coefficient (Wildman–Crippen LogP) is 4.42. The van der Waals surface area contributed by atoms with Crippen LogP contribution in [0.2, 0.25) is 0 Å². The van der Waals surface area contributed by atoms with E-state index in [1.54, 1.807) is 19.2 Å². The molecule has 0 aromatic heterocycles. The molecule has 0 aliphatic carbocycles. The normalized spacial score (nSPS) is 18.7.